The molecule has 0 atom stereocenters. The zero-order valence-electron chi connectivity index (χ0n) is 11.9. The van der Waals surface area contributed by atoms with Gasteiger partial charge in [0.25, 0.3) is 0 Å². The van der Waals surface area contributed by atoms with Gasteiger partial charge in [0.1, 0.15) is 0 Å². The van der Waals surface area contributed by atoms with E-state index in [0.717, 1.165) is 11.3 Å². The Kier molecular flexibility index (Phi) is 4.74. The topological polar surface area (TPSA) is 30.5 Å². The highest BCUT2D eigenvalue weighted by molar-refractivity contribution is 6.32. The summed E-state index contributed by atoms with van der Waals surface area (Å²) in [7, 11) is 3.18. The molecule has 0 spiro atoms. The number of hydrogen-bond donors (Lipinski definition) is 1. The average Bonchev–Trinajstić information content (AvgIpc) is 2.46. The number of halogens is 1. The number of anilines is 1. The molecular formula is C16H18ClNO2. The first-order valence-electron chi connectivity index (χ1n) is 6.35. The third-order valence-electron chi connectivity index (χ3n) is 3.04. The maximum atomic E-state index is 6.18. The lowest BCUT2D eigenvalue weighted by Crippen LogP contribution is -2.01. The molecule has 0 aliphatic rings. The first-order valence-corrected chi connectivity index (χ1v) is 6.72. The van der Waals surface area contributed by atoms with Gasteiger partial charge in [-0.05, 0) is 36.8 Å². The molecule has 0 aliphatic carbocycles. The van der Waals surface area contributed by atoms with Crippen molar-refractivity contribution in [1.82, 2.24) is 0 Å². The SMILES string of the molecule is COc1cc(CNc2ccc(C)cc2)cc(Cl)c1OC. The van der Waals surface area contributed by atoms with Gasteiger partial charge < -0.3 is 14.8 Å². The van der Waals surface area contributed by atoms with Crippen LogP contribution in [0.2, 0.25) is 5.02 Å². The third kappa shape index (κ3) is 3.36. The van der Waals surface area contributed by atoms with Crippen molar-refractivity contribution in [2.75, 3.05) is 19.5 Å². The highest BCUT2D eigenvalue weighted by Crippen LogP contribution is 2.36. The third-order valence-corrected chi connectivity index (χ3v) is 3.32. The van der Waals surface area contributed by atoms with Gasteiger partial charge in [-0.15, -0.1) is 0 Å². The minimum atomic E-state index is 0.549. The molecule has 2 rings (SSSR count). The van der Waals surface area contributed by atoms with E-state index in [1.54, 1.807) is 14.2 Å². The Morgan fingerprint density at radius 3 is 2.35 bits per heavy atom. The van der Waals surface area contributed by atoms with Crippen molar-refractivity contribution in [3.63, 3.8) is 0 Å². The van der Waals surface area contributed by atoms with E-state index in [-0.39, 0.29) is 0 Å². The molecule has 0 bridgehead atoms. The zero-order valence-corrected chi connectivity index (χ0v) is 12.6. The van der Waals surface area contributed by atoms with Gasteiger partial charge in [0.05, 0.1) is 19.2 Å². The van der Waals surface area contributed by atoms with Gasteiger partial charge in [0, 0.05) is 12.2 Å². The molecule has 4 heteroatoms. The Hall–Kier alpha value is -1.87. The van der Waals surface area contributed by atoms with Crippen LogP contribution in [0.1, 0.15) is 11.1 Å². The van der Waals surface area contributed by atoms with E-state index in [2.05, 4.69) is 36.5 Å². The number of methoxy groups -OCH3 is 2. The summed E-state index contributed by atoms with van der Waals surface area (Å²) < 4.78 is 10.5. The second-order valence-electron chi connectivity index (χ2n) is 4.53. The summed E-state index contributed by atoms with van der Waals surface area (Å²) in [5, 5.41) is 3.90. The van der Waals surface area contributed by atoms with Crippen molar-refractivity contribution in [2.24, 2.45) is 0 Å². The van der Waals surface area contributed by atoms with Crippen molar-refractivity contribution in [1.29, 1.82) is 0 Å². The van der Waals surface area contributed by atoms with Crippen LogP contribution in [0.4, 0.5) is 5.69 Å². The molecule has 2 aromatic carbocycles. The Morgan fingerprint density at radius 1 is 1.05 bits per heavy atom. The highest BCUT2D eigenvalue weighted by atomic mass is 35.5. The molecule has 2 aromatic rings. The molecular weight excluding hydrogens is 274 g/mol. The van der Waals surface area contributed by atoms with Crippen molar-refractivity contribution in [3.05, 3.63) is 52.5 Å². The van der Waals surface area contributed by atoms with Gasteiger partial charge in [-0.1, -0.05) is 29.3 Å². The van der Waals surface area contributed by atoms with E-state index in [4.69, 9.17) is 21.1 Å². The van der Waals surface area contributed by atoms with Crippen molar-refractivity contribution < 1.29 is 9.47 Å². The Labute approximate surface area is 124 Å². The molecule has 0 aliphatic heterocycles. The van der Waals surface area contributed by atoms with E-state index in [0.29, 0.717) is 23.1 Å². The lowest BCUT2D eigenvalue weighted by Gasteiger charge is -2.13. The largest absolute Gasteiger partial charge is 0.493 e. The van der Waals surface area contributed by atoms with Crippen LogP contribution in [0.25, 0.3) is 0 Å². The standard InChI is InChI=1S/C16H18ClNO2/c1-11-4-6-13(7-5-11)18-10-12-8-14(17)16(20-3)15(9-12)19-2/h4-9,18H,10H2,1-3H3. The summed E-state index contributed by atoms with van der Waals surface area (Å²) in [6, 6.07) is 12.1. The van der Waals surface area contributed by atoms with E-state index >= 15 is 0 Å². The second-order valence-corrected chi connectivity index (χ2v) is 4.94. The smallest absolute Gasteiger partial charge is 0.179 e. The van der Waals surface area contributed by atoms with Crippen LogP contribution in [0.5, 0.6) is 11.5 Å². The van der Waals surface area contributed by atoms with E-state index in [1.807, 2.05) is 12.1 Å². The second kappa shape index (κ2) is 6.53. The summed E-state index contributed by atoms with van der Waals surface area (Å²) in [5.41, 5.74) is 3.35. The summed E-state index contributed by atoms with van der Waals surface area (Å²) in [4.78, 5) is 0. The van der Waals surface area contributed by atoms with Gasteiger partial charge in [-0.25, -0.2) is 0 Å². The van der Waals surface area contributed by atoms with Gasteiger partial charge in [-0.3, -0.25) is 0 Å². The molecule has 0 fully saturated rings. The van der Waals surface area contributed by atoms with E-state index in [1.165, 1.54) is 5.56 Å². The van der Waals surface area contributed by atoms with E-state index < -0.39 is 0 Å². The number of rotatable bonds is 5. The summed E-state index contributed by atoms with van der Waals surface area (Å²) in [6.45, 7) is 2.74. The highest BCUT2D eigenvalue weighted by Gasteiger charge is 2.10. The number of benzene rings is 2. The number of aryl methyl sites for hydroxylation is 1. The molecule has 3 nitrogen and oxygen atoms in total. The fourth-order valence-electron chi connectivity index (χ4n) is 1.95. The van der Waals surface area contributed by atoms with Crippen LogP contribution in [-0.4, -0.2) is 14.2 Å². The predicted molar refractivity (Wildman–Crippen MR) is 83.1 cm³/mol. The summed E-state index contributed by atoms with van der Waals surface area (Å²) >= 11 is 6.18. The summed E-state index contributed by atoms with van der Waals surface area (Å²) in [6.07, 6.45) is 0. The Morgan fingerprint density at radius 2 is 1.75 bits per heavy atom. The first-order chi connectivity index (χ1) is 9.63. The molecule has 0 aromatic heterocycles. The molecule has 0 radical (unpaired) electrons. The zero-order chi connectivity index (χ0) is 14.5. The van der Waals surface area contributed by atoms with Crippen LogP contribution in [0, 0.1) is 6.92 Å². The van der Waals surface area contributed by atoms with Crippen molar-refractivity contribution >= 4 is 17.3 Å². The minimum absolute atomic E-state index is 0.549. The van der Waals surface area contributed by atoms with Crippen LogP contribution in [0.3, 0.4) is 0 Å². The Balaban J connectivity index is 2.13. The molecule has 0 saturated carbocycles. The van der Waals surface area contributed by atoms with Crippen LogP contribution in [-0.2, 0) is 6.54 Å². The minimum Gasteiger partial charge on any atom is -0.493 e. The normalized spacial score (nSPS) is 10.2. The molecule has 20 heavy (non-hydrogen) atoms. The first kappa shape index (κ1) is 14.5. The summed E-state index contributed by atoms with van der Waals surface area (Å²) in [5.74, 6) is 1.20. The van der Waals surface area contributed by atoms with E-state index in [9.17, 15) is 0 Å². The van der Waals surface area contributed by atoms with Gasteiger partial charge in [0.2, 0.25) is 0 Å². The fourth-order valence-corrected chi connectivity index (χ4v) is 2.26. The van der Waals surface area contributed by atoms with Gasteiger partial charge in [0.15, 0.2) is 11.5 Å². The quantitative estimate of drug-likeness (QED) is 0.892. The maximum absolute atomic E-state index is 6.18. The maximum Gasteiger partial charge on any atom is 0.179 e. The van der Waals surface area contributed by atoms with Crippen LogP contribution >= 0.6 is 11.6 Å². The molecule has 0 saturated heterocycles. The molecule has 0 unspecified atom stereocenters. The molecule has 1 N–H and O–H groups in total. The van der Waals surface area contributed by atoms with Crippen LogP contribution < -0.4 is 14.8 Å². The Bertz CT molecular complexity index is 582. The fraction of sp³-hybridized carbons (Fsp3) is 0.250. The number of ether oxygens (including phenoxy) is 2. The molecule has 106 valence electrons. The molecule has 0 heterocycles. The van der Waals surface area contributed by atoms with Crippen molar-refractivity contribution in [3.8, 4) is 11.5 Å². The average molecular weight is 292 g/mol. The van der Waals surface area contributed by atoms with Gasteiger partial charge in [-0.2, -0.15) is 0 Å². The number of hydrogen-bond acceptors (Lipinski definition) is 3. The van der Waals surface area contributed by atoms with Crippen LogP contribution in [0.15, 0.2) is 36.4 Å². The lowest BCUT2D eigenvalue weighted by molar-refractivity contribution is 0.355. The monoisotopic (exact) mass is 291 g/mol. The van der Waals surface area contributed by atoms with Crippen molar-refractivity contribution in [2.45, 2.75) is 13.5 Å². The lowest BCUT2D eigenvalue weighted by atomic mass is 10.2. The van der Waals surface area contributed by atoms with Gasteiger partial charge >= 0.3 is 0 Å². The number of nitrogens with one attached hydrogen (secondary N) is 1. The predicted octanol–water partition coefficient (Wildman–Crippen LogP) is 4.28. The molecule has 0 amide bonds.